The van der Waals surface area contributed by atoms with Gasteiger partial charge in [0, 0.05) is 12.5 Å². The molecule has 1 heterocycles. The number of aryl methyl sites for hydroxylation is 1. The molecule has 2 rings (SSSR count). The Morgan fingerprint density at radius 1 is 1.00 bits per heavy atom. The molecule has 0 atom stereocenters. The van der Waals surface area contributed by atoms with Gasteiger partial charge in [-0.3, -0.25) is 0 Å². The highest BCUT2D eigenvalue weighted by atomic mass is 35.5. The second-order valence-corrected chi connectivity index (χ2v) is 5.15. The Balaban J connectivity index is 2.36. The average molecular weight is 333 g/mol. The molecule has 1 aromatic heterocycles. The van der Waals surface area contributed by atoms with Crippen LogP contribution < -0.4 is 16.6 Å². The monoisotopic (exact) mass is 331 g/mol. The molecule has 0 aliphatic rings. The fourth-order valence-electron chi connectivity index (χ4n) is 1.55. The molecule has 106 valence electrons. The van der Waals surface area contributed by atoms with Crippen LogP contribution in [0.5, 0.6) is 0 Å². The van der Waals surface area contributed by atoms with Gasteiger partial charge in [0.1, 0.15) is 17.5 Å². The third-order valence-corrected chi connectivity index (χ3v) is 3.54. The zero-order valence-corrected chi connectivity index (χ0v) is 12.8. The predicted octanol–water partition coefficient (Wildman–Crippen LogP) is 4.03. The Kier molecular flexibility index (Phi) is 4.88. The summed E-state index contributed by atoms with van der Waals surface area (Å²) in [7, 11) is 0. The van der Waals surface area contributed by atoms with Gasteiger partial charge in [-0.1, -0.05) is 41.7 Å². The smallest absolute Gasteiger partial charge is 0.145 e. The van der Waals surface area contributed by atoms with E-state index in [0.29, 0.717) is 44.6 Å². The van der Waals surface area contributed by atoms with Crippen LogP contribution >= 0.6 is 34.8 Å². The molecule has 0 spiro atoms. The molecule has 1 aromatic carbocycles. The Morgan fingerprint density at radius 2 is 1.65 bits per heavy atom. The lowest BCUT2D eigenvalue weighted by Gasteiger charge is -2.11. The van der Waals surface area contributed by atoms with Crippen molar-refractivity contribution in [1.82, 2.24) is 9.97 Å². The second-order valence-electron chi connectivity index (χ2n) is 3.92. The molecule has 0 radical (unpaired) electrons. The Labute approximate surface area is 131 Å². The van der Waals surface area contributed by atoms with Crippen molar-refractivity contribution in [3.8, 4) is 0 Å². The third kappa shape index (κ3) is 3.43. The topological polar surface area (TPSA) is 75.9 Å². The van der Waals surface area contributed by atoms with Crippen LogP contribution in [0.4, 0.5) is 17.3 Å². The van der Waals surface area contributed by atoms with Crippen molar-refractivity contribution < 1.29 is 0 Å². The van der Waals surface area contributed by atoms with E-state index in [1.165, 1.54) is 0 Å². The maximum atomic E-state index is 6.11. The first-order valence-corrected chi connectivity index (χ1v) is 6.93. The Morgan fingerprint density at radius 3 is 2.30 bits per heavy atom. The first kappa shape index (κ1) is 15.1. The first-order chi connectivity index (χ1) is 9.53. The molecule has 0 amide bonds. The fourth-order valence-corrected chi connectivity index (χ4v) is 2.14. The Bertz CT molecular complexity index is 610. The van der Waals surface area contributed by atoms with E-state index in [9.17, 15) is 0 Å². The number of nitrogens with two attached hydrogens (primary N) is 1. The molecule has 8 heteroatoms. The quantitative estimate of drug-likeness (QED) is 0.448. The van der Waals surface area contributed by atoms with Crippen molar-refractivity contribution in [1.29, 1.82) is 0 Å². The standard InChI is InChI=1S/C12H12Cl3N5/c1-2-10-18-11(5-12(19-10)20-16)17-9-4-7(14)6(13)3-8(9)15/h3-5H,2,16H2,1H3,(H2,17,18,19,20). The fraction of sp³-hybridized carbons (Fsp3) is 0.167. The minimum absolute atomic E-state index is 0.392. The molecule has 2 aromatic rings. The van der Waals surface area contributed by atoms with Crippen LogP contribution in [0.3, 0.4) is 0 Å². The summed E-state index contributed by atoms with van der Waals surface area (Å²) in [4.78, 5) is 8.53. The van der Waals surface area contributed by atoms with Crippen LogP contribution in [-0.2, 0) is 6.42 Å². The zero-order chi connectivity index (χ0) is 14.7. The van der Waals surface area contributed by atoms with Gasteiger partial charge in [-0.2, -0.15) is 0 Å². The van der Waals surface area contributed by atoms with Gasteiger partial charge in [0.25, 0.3) is 0 Å². The van der Waals surface area contributed by atoms with Crippen molar-refractivity contribution >= 4 is 52.1 Å². The van der Waals surface area contributed by atoms with Gasteiger partial charge in [0.2, 0.25) is 0 Å². The number of aromatic nitrogens is 2. The lowest BCUT2D eigenvalue weighted by Crippen LogP contribution is -2.11. The molecular weight excluding hydrogens is 321 g/mol. The number of hydrazine groups is 1. The third-order valence-electron chi connectivity index (χ3n) is 2.51. The zero-order valence-electron chi connectivity index (χ0n) is 10.5. The van der Waals surface area contributed by atoms with E-state index in [4.69, 9.17) is 40.6 Å². The first-order valence-electron chi connectivity index (χ1n) is 5.79. The number of nitrogen functional groups attached to an aromatic ring is 1. The highest BCUT2D eigenvalue weighted by molar-refractivity contribution is 6.44. The molecule has 0 saturated carbocycles. The molecule has 0 aliphatic heterocycles. The summed E-state index contributed by atoms with van der Waals surface area (Å²) < 4.78 is 0. The molecule has 0 unspecified atom stereocenters. The number of anilines is 3. The summed E-state index contributed by atoms with van der Waals surface area (Å²) in [6, 6.07) is 4.87. The van der Waals surface area contributed by atoms with Gasteiger partial charge < -0.3 is 10.7 Å². The van der Waals surface area contributed by atoms with Gasteiger partial charge in [-0.05, 0) is 12.1 Å². The van der Waals surface area contributed by atoms with E-state index in [-0.39, 0.29) is 0 Å². The molecule has 4 N–H and O–H groups in total. The van der Waals surface area contributed by atoms with E-state index < -0.39 is 0 Å². The molecule has 0 saturated heterocycles. The van der Waals surface area contributed by atoms with Gasteiger partial charge in [0.05, 0.1) is 20.8 Å². The summed E-state index contributed by atoms with van der Waals surface area (Å²) in [6.45, 7) is 1.95. The molecule has 0 fully saturated rings. The van der Waals surface area contributed by atoms with Gasteiger partial charge in [-0.15, -0.1) is 0 Å². The van der Waals surface area contributed by atoms with Crippen LogP contribution in [-0.4, -0.2) is 9.97 Å². The number of hydrogen-bond donors (Lipinski definition) is 3. The second kappa shape index (κ2) is 6.45. The SMILES string of the molecule is CCc1nc(NN)cc(Nc2cc(Cl)c(Cl)cc2Cl)n1. The number of nitrogens with zero attached hydrogens (tertiary/aromatic N) is 2. The lowest BCUT2D eigenvalue weighted by atomic mass is 10.3. The van der Waals surface area contributed by atoms with Crippen LogP contribution in [0.2, 0.25) is 15.1 Å². The normalized spacial score (nSPS) is 10.4. The number of hydrogen-bond acceptors (Lipinski definition) is 5. The number of halogens is 3. The molecule has 20 heavy (non-hydrogen) atoms. The van der Waals surface area contributed by atoms with Crippen molar-refractivity contribution in [2.75, 3.05) is 10.7 Å². The summed E-state index contributed by atoms with van der Waals surface area (Å²) in [5, 5.41) is 4.31. The predicted molar refractivity (Wildman–Crippen MR) is 84.0 cm³/mol. The lowest BCUT2D eigenvalue weighted by molar-refractivity contribution is 0.941. The van der Waals surface area contributed by atoms with E-state index in [1.54, 1.807) is 18.2 Å². The summed E-state index contributed by atoms with van der Waals surface area (Å²) in [6.07, 6.45) is 0.680. The van der Waals surface area contributed by atoms with Crippen LogP contribution in [0.15, 0.2) is 18.2 Å². The van der Waals surface area contributed by atoms with E-state index in [0.717, 1.165) is 0 Å². The van der Waals surface area contributed by atoms with Crippen molar-refractivity contribution in [3.05, 3.63) is 39.1 Å². The minimum Gasteiger partial charge on any atom is -0.339 e. The number of nitrogens with one attached hydrogen (secondary N) is 2. The maximum Gasteiger partial charge on any atom is 0.145 e. The van der Waals surface area contributed by atoms with E-state index in [2.05, 4.69) is 20.7 Å². The largest absolute Gasteiger partial charge is 0.339 e. The molecule has 0 aliphatic carbocycles. The number of rotatable bonds is 4. The average Bonchev–Trinajstić information content (AvgIpc) is 2.44. The highest BCUT2D eigenvalue weighted by Crippen LogP contribution is 2.33. The van der Waals surface area contributed by atoms with Crippen LogP contribution in [0.1, 0.15) is 12.7 Å². The summed E-state index contributed by atoms with van der Waals surface area (Å²) in [5.41, 5.74) is 3.09. The molecular formula is C12H12Cl3N5. The minimum atomic E-state index is 0.392. The summed E-state index contributed by atoms with van der Waals surface area (Å²) in [5.74, 6) is 7.10. The highest BCUT2D eigenvalue weighted by Gasteiger charge is 2.08. The van der Waals surface area contributed by atoms with Crippen LogP contribution in [0.25, 0.3) is 0 Å². The van der Waals surface area contributed by atoms with Crippen molar-refractivity contribution in [3.63, 3.8) is 0 Å². The van der Waals surface area contributed by atoms with Crippen LogP contribution in [0, 0.1) is 0 Å². The van der Waals surface area contributed by atoms with Crippen molar-refractivity contribution in [2.24, 2.45) is 5.84 Å². The summed E-state index contributed by atoms with van der Waals surface area (Å²) >= 11 is 18.0. The maximum absolute atomic E-state index is 6.11. The Hall–Kier alpha value is -1.27. The number of benzene rings is 1. The van der Waals surface area contributed by atoms with Gasteiger partial charge in [0.15, 0.2) is 0 Å². The van der Waals surface area contributed by atoms with E-state index in [1.807, 2.05) is 6.92 Å². The van der Waals surface area contributed by atoms with Gasteiger partial charge >= 0.3 is 0 Å². The van der Waals surface area contributed by atoms with E-state index >= 15 is 0 Å². The molecule has 5 nitrogen and oxygen atoms in total. The molecule has 0 bridgehead atoms. The van der Waals surface area contributed by atoms with Gasteiger partial charge in [-0.25, -0.2) is 15.8 Å². The van der Waals surface area contributed by atoms with Crippen molar-refractivity contribution in [2.45, 2.75) is 13.3 Å².